The van der Waals surface area contributed by atoms with E-state index in [0.717, 1.165) is 17.0 Å². The van der Waals surface area contributed by atoms with E-state index >= 15 is 0 Å². The lowest BCUT2D eigenvalue weighted by Gasteiger charge is -2.03. The molecule has 0 aliphatic rings. The minimum atomic E-state index is -0.270. The van der Waals surface area contributed by atoms with Crippen molar-refractivity contribution in [2.45, 2.75) is 26.8 Å². The summed E-state index contributed by atoms with van der Waals surface area (Å²) >= 11 is 0. The molecule has 1 aromatic carbocycles. The third-order valence-electron chi connectivity index (χ3n) is 3.65. The van der Waals surface area contributed by atoms with Gasteiger partial charge in [-0.3, -0.25) is 14.3 Å². The number of ether oxygens (including phenoxy) is 1. The number of nitrogens with zero attached hydrogens (tertiary/aromatic N) is 2. The highest BCUT2D eigenvalue weighted by atomic mass is 16.5. The smallest absolute Gasteiger partial charge is 0.307 e. The topological polar surface area (TPSA) is 61.2 Å². The van der Waals surface area contributed by atoms with Gasteiger partial charge < -0.3 is 4.74 Å². The van der Waals surface area contributed by atoms with Gasteiger partial charge in [-0.05, 0) is 26.0 Å². The molecule has 1 aromatic heterocycles. The first-order valence-electron chi connectivity index (χ1n) is 7.41. The summed E-state index contributed by atoms with van der Waals surface area (Å²) in [6, 6.07) is 9.11. The quantitative estimate of drug-likeness (QED) is 0.467. The second-order valence-corrected chi connectivity index (χ2v) is 5.20. The van der Waals surface area contributed by atoms with E-state index in [2.05, 4.69) is 9.84 Å². The molecule has 0 aliphatic carbocycles. The van der Waals surface area contributed by atoms with Crippen molar-refractivity contribution in [2.24, 2.45) is 0 Å². The summed E-state index contributed by atoms with van der Waals surface area (Å²) < 4.78 is 6.40. The van der Waals surface area contributed by atoms with Crippen molar-refractivity contribution >= 4 is 17.8 Å². The molecule has 0 fully saturated rings. The lowest BCUT2D eigenvalue weighted by atomic mass is 10.1. The molecule has 0 radical (unpaired) electrons. The van der Waals surface area contributed by atoms with Crippen LogP contribution < -0.4 is 0 Å². The van der Waals surface area contributed by atoms with Crippen LogP contribution in [0.3, 0.4) is 0 Å². The van der Waals surface area contributed by atoms with E-state index in [-0.39, 0.29) is 18.2 Å². The summed E-state index contributed by atoms with van der Waals surface area (Å²) in [6.45, 7) is 4.26. The molecule has 120 valence electrons. The van der Waals surface area contributed by atoms with Gasteiger partial charge in [0, 0.05) is 16.8 Å². The van der Waals surface area contributed by atoms with Crippen LogP contribution in [0.5, 0.6) is 0 Å². The van der Waals surface area contributed by atoms with E-state index in [1.54, 1.807) is 29.0 Å². The number of aromatic nitrogens is 2. The summed E-state index contributed by atoms with van der Waals surface area (Å²) in [4.78, 5) is 23.4. The summed E-state index contributed by atoms with van der Waals surface area (Å²) in [5.74, 6) is -0.319. The van der Waals surface area contributed by atoms with Gasteiger partial charge in [0.1, 0.15) is 0 Å². The third-order valence-corrected chi connectivity index (χ3v) is 3.65. The Morgan fingerprint density at radius 1 is 1.22 bits per heavy atom. The normalized spacial score (nSPS) is 10.9. The first-order chi connectivity index (χ1) is 11.0. The number of methoxy groups -OCH3 is 1. The van der Waals surface area contributed by atoms with Gasteiger partial charge in [-0.25, -0.2) is 0 Å². The zero-order valence-corrected chi connectivity index (χ0v) is 13.6. The van der Waals surface area contributed by atoms with Crippen molar-refractivity contribution in [3.05, 3.63) is 58.9 Å². The maximum atomic E-state index is 12.1. The molecular formula is C18H20N2O3. The summed E-state index contributed by atoms with van der Waals surface area (Å²) in [5.41, 5.74) is 3.30. The third kappa shape index (κ3) is 4.16. The predicted octanol–water partition coefficient (Wildman–Crippen LogP) is 2.96. The first-order valence-corrected chi connectivity index (χ1v) is 7.41. The molecule has 0 spiro atoms. The molecule has 0 saturated carbocycles. The monoisotopic (exact) mass is 312 g/mol. The van der Waals surface area contributed by atoms with Crippen LogP contribution in [0.25, 0.3) is 6.08 Å². The first kappa shape index (κ1) is 16.7. The second kappa shape index (κ2) is 7.54. The minimum absolute atomic E-state index is 0.0493. The highest BCUT2D eigenvalue weighted by Gasteiger charge is 2.11. The fraction of sp³-hybridized carbons (Fsp3) is 0.278. The van der Waals surface area contributed by atoms with Crippen LogP contribution in [0, 0.1) is 13.8 Å². The predicted molar refractivity (Wildman–Crippen MR) is 88.1 cm³/mol. The number of carbonyl (C=O) groups is 2. The molecule has 23 heavy (non-hydrogen) atoms. The highest BCUT2D eigenvalue weighted by Crippen LogP contribution is 2.16. The average Bonchev–Trinajstić information content (AvgIpc) is 2.85. The number of allylic oxidation sites excluding steroid dienone is 1. The fourth-order valence-corrected chi connectivity index (χ4v) is 2.33. The molecule has 0 unspecified atom stereocenters. The number of esters is 1. The summed E-state index contributed by atoms with van der Waals surface area (Å²) in [6.07, 6.45) is 3.60. The van der Waals surface area contributed by atoms with E-state index in [0.29, 0.717) is 12.1 Å². The van der Waals surface area contributed by atoms with Crippen molar-refractivity contribution < 1.29 is 14.3 Å². The maximum Gasteiger partial charge on any atom is 0.307 e. The van der Waals surface area contributed by atoms with Gasteiger partial charge in [-0.15, -0.1) is 0 Å². The van der Waals surface area contributed by atoms with Gasteiger partial charge in [0.2, 0.25) is 0 Å². The number of rotatable bonds is 6. The lowest BCUT2D eigenvalue weighted by Crippen LogP contribution is -2.09. The van der Waals surface area contributed by atoms with Crippen LogP contribution in [-0.2, 0) is 16.1 Å². The lowest BCUT2D eigenvalue weighted by molar-refractivity contribution is -0.140. The van der Waals surface area contributed by atoms with Gasteiger partial charge in [-0.1, -0.05) is 30.3 Å². The van der Waals surface area contributed by atoms with Crippen molar-refractivity contribution in [1.82, 2.24) is 9.78 Å². The van der Waals surface area contributed by atoms with E-state index in [9.17, 15) is 9.59 Å². The number of carbonyl (C=O) groups excluding carboxylic acids is 2. The zero-order valence-electron chi connectivity index (χ0n) is 13.6. The molecule has 0 N–H and O–H groups in total. The molecule has 0 amide bonds. The molecule has 0 aliphatic heterocycles. The van der Waals surface area contributed by atoms with Gasteiger partial charge >= 0.3 is 5.97 Å². The van der Waals surface area contributed by atoms with Crippen LogP contribution >= 0.6 is 0 Å². The summed E-state index contributed by atoms with van der Waals surface area (Å²) in [7, 11) is 1.37. The minimum Gasteiger partial charge on any atom is -0.469 e. The Morgan fingerprint density at radius 3 is 2.57 bits per heavy atom. The second-order valence-electron chi connectivity index (χ2n) is 5.20. The molecule has 2 rings (SSSR count). The van der Waals surface area contributed by atoms with Crippen LogP contribution in [-0.4, -0.2) is 28.6 Å². The summed E-state index contributed by atoms with van der Waals surface area (Å²) in [5, 5.41) is 4.41. The van der Waals surface area contributed by atoms with Crippen LogP contribution in [0.4, 0.5) is 0 Å². The standard InChI is InChI=1S/C18H20N2O3/c1-13-16(9-10-17(21)15-7-5-4-6-8-15)14(2)20(19-13)12-11-18(22)23-3/h4-10H,11-12H2,1-3H3/b10-9+. The number of aryl methyl sites for hydroxylation is 2. The Balaban J connectivity index is 2.14. The molecule has 5 heteroatoms. The average molecular weight is 312 g/mol. The van der Waals surface area contributed by atoms with Crippen molar-refractivity contribution in [1.29, 1.82) is 0 Å². The van der Waals surface area contributed by atoms with Gasteiger partial charge in [0.15, 0.2) is 5.78 Å². The molecule has 1 heterocycles. The van der Waals surface area contributed by atoms with E-state index in [1.165, 1.54) is 7.11 Å². The van der Waals surface area contributed by atoms with Gasteiger partial charge in [-0.2, -0.15) is 5.10 Å². The van der Waals surface area contributed by atoms with E-state index in [4.69, 9.17) is 0 Å². The van der Waals surface area contributed by atoms with Gasteiger partial charge in [0.05, 0.1) is 25.8 Å². The van der Waals surface area contributed by atoms with Gasteiger partial charge in [0.25, 0.3) is 0 Å². The Bertz CT molecular complexity index is 730. The van der Waals surface area contributed by atoms with E-state index in [1.807, 2.05) is 32.0 Å². The van der Waals surface area contributed by atoms with Crippen molar-refractivity contribution in [2.75, 3.05) is 7.11 Å². The number of hydrogen-bond acceptors (Lipinski definition) is 4. The Labute approximate surface area is 135 Å². The molecule has 2 aromatic rings. The van der Waals surface area contributed by atoms with E-state index < -0.39 is 0 Å². The Morgan fingerprint density at radius 2 is 1.91 bits per heavy atom. The van der Waals surface area contributed by atoms with Crippen LogP contribution in [0.15, 0.2) is 36.4 Å². The zero-order chi connectivity index (χ0) is 16.8. The molecule has 5 nitrogen and oxygen atoms in total. The SMILES string of the molecule is COC(=O)CCn1nc(C)c(/C=C/C(=O)c2ccccc2)c1C. The largest absolute Gasteiger partial charge is 0.469 e. The number of benzene rings is 1. The Hall–Kier alpha value is -2.69. The van der Waals surface area contributed by atoms with Crippen molar-refractivity contribution in [3.63, 3.8) is 0 Å². The highest BCUT2D eigenvalue weighted by molar-refractivity contribution is 6.06. The molecule has 0 atom stereocenters. The fourth-order valence-electron chi connectivity index (χ4n) is 2.33. The van der Waals surface area contributed by atoms with Crippen molar-refractivity contribution in [3.8, 4) is 0 Å². The molecule has 0 saturated heterocycles. The maximum absolute atomic E-state index is 12.1. The van der Waals surface area contributed by atoms with Crippen LogP contribution in [0.2, 0.25) is 0 Å². The Kier molecular flexibility index (Phi) is 5.46. The molecular weight excluding hydrogens is 292 g/mol. The molecule has 0 bridgehead atoms. The number of hydrogen-bond donors (Lipinski definition) is 0. The van der Waals surface area contributed by atoms with Crippen LogP contribution in [0.1, 0.15) is 33.7 Å². The number of ketones is 1.